The Balaban J connectivity index is 1.35. The van der Waals surface area contributed by atoms with Gasteiger partial charge in [-0.2, -0.15) is 4.31 Å². The molecule has 0 radical (unpaired) electrons. The molecule has 3 aromatic rings. The number of sulfonamides is 1. The molecule has 228 valence electrons. The number of nitrogens with one attached hydrogen (secondary N) is 1. The van der Waals surface area contributed by atoms with Crippen LogP contribution in [-0.4, -0.2) is 61.8 Å². The van der Waals surface area contributed by atoms with Gasteiger partial charge in [0.2, 0.25) is 21.8 Å². The molecule has 2 saturated heterocycles. The molecule has 0 saturated carbocycles. The molecule has 43 heavy (non-hydrogen) atoms. The van der Waals surface area contributed by atoms with E-state index in [1.165, 1.54) is 4.31 Å². The van der Waals surface area contributed by atoms with Gasteiger partial charge >= 0.3 is 0 Å². The molecule has 5 rings (SSSR count). The lowest BCUT2D eigenvalue weighted by Crippen LogP contribution is -2.45. The van der Waals surface area contributed by atoms with E-state index in [1.54, 1.807) is 41.3 Å². The molecule has 0 aliphatic carbocycles. The van der Waals surface area contributed by atoms with Gasteiger partial charge in [-0.05, 0) is 73.1 Å². The summed E-state index contributed by atoms with van der Waals surface area (Å²) in [5, 5.41) is 3.62. The second-order valence-corrected chi connectivity index (χ2v) is 13.5. The number of ether oxygens (including phenoxy) is 1. The Labute approximate surface area is 259 Å². The summed E-state index contributed by atoms with van der Waals surface area (Å²) in [6.45, 7) is 2.39. The Kier molecular flexibility index (Phi) is 10.5. The highest BCUT2D eigenvalue weighted by Crippen LogP contribution is 2.27. The zero-order valence-electron chi connectivity index (χ0n) is 24.2. The predicted octanol–water partition coefficient (Wildman–Crippen LogP) is 5.12. The molecule has 2 aliphatic heterocycles. The first kappa shape index (κ1) is 31.2. The number of carbonyl (C=O) groups excluding carboxylic acids is 2. The lowest BCUT2D eigenvalue weighted by molar-refractivity contribution is -0.141. The smallest absolute Gasteiger partial charge is 0.247 e. The highest BCUT2D eigenvalue weighted by atomic mass is 35.5. The minimum Gasteiger partial charge on any atom is -0.376 e. The number of benzene rings is 3. The van der Waals surface area contributed by atoms with Crippen LogP contribution < -0.4 is 5.32 Å². The summed E-state index contributed by atoms with van der Waals surface area (Å²) in [5.74, 6) is -0.453. The van der Waals surface area contributed by atoms with E-state index in [-0.39, 0.29) is 35.8 Å². The van der Waals surface area contributed by atoms with E-state index in [4.69, 9.17) is 16.3 Å². The molecule has 0 spiro atoms. The standard InChI is InChI=1S/C33H38ClN3O5S/c34-28-15-10-26(11-16-28)24-37(32(27-7-2-1-3-8-27)33(39)35-23-29-9-6-22-42-29)31(38)19-14-25-12-17-30(18-13-25)43(40,41)36-20-4-5-21-36/h1-3,7-8,10-13,15-18,29,32H,4-6,9,14,19-24H2,(H,35,39)/t29-,32+/m1/s1. The maximum absolute atomic E-state index is 14.0. The fraction of sp³-hybridized carbons (Fsp3) is 0.394. The van der Waals surface area contributed by atoms with Gasteiger partial charge in [-0.15, -0.1) is 0 Å². The van der Waals surface area contributed by atoms with E-state index in [1.807, 2.05) is 42.5 Å². The first-order valence-electron chi connectivity index (χ1n) is 14.9. The zero-order valence-corrected chi connectivity index (χ0v) is 25.7. The van der Waals surface area contributed by atoms with Gasteiger partial charge in [0, 0.05) is 44.2 Å². The van der Waals surface area contributed by atoms with Crippen molar-refractivity contribution in [3.05, 3.63) is 101 Å². The van der Waals surface area contributed by atoms with E-state index in [0.717, 1.165) is 36.8 Å². The maximum atomic E-state index is 14.0. The molecule has 1 N–H and O–H groups in total. The highest BCUT2D eigenvalue weighted by molar-refractivity contribution is 7.89. The molecule has 2 aliphatic rings. The predicted molar refractivity (Wildman–Crippen MR) is 166 cm³/mol. The van der Waals surface area contributed by atoms with Crippen LogP contribution in [0.25, 0.3) is 0 Å². The quantitative estimate of drug-likeness (QED) is 0.302. The topological polar surface area (TPSA) is 96.0 Å². The van der Waals surface area contributed by atoms with Gasteiger partial charge in [0.15, 0.2) is 0 Å². The number of amides is 2. The van der Waals surface area contributed by atoms with Crippen LogP contribution in [0.15, 0.2) is 83.8 Å². The molecule has 2 heterocycles. The number of rotatable bonds is 12. The Bertz CT molecular complexity index is 1470. The lowest BCUT2D eigenvalue weighted by atomic mass is 10.0. The van der Waals surface area contributed by atoms with E-state index < -0.39 is 16.1 Å². The first-order valence-corrected chi connectivity index (χ1v) is 16.7. The van der Waals surface area contributed by atoms with Crippen LogP contribution in [0.4, 0.5) is 0 Å². The van der Waals surface area contributed by atoms with Gasteiger partial charge in [0.25, 0.3) is 0 Å². The molecule has 0 bridgehead atoms. The van der Waals surface area contributed by atoms with Gasteiger partial charge in [-0.25, -0.2) is 8.42 Å². The third-order valence-electron chi connectivity index (χ3n) is 8.04. The van der Waals surface area contributed by atoms with Crippen LogP contribution in [0.1, 0.15) is 54.8 Å². The third-order valence-corrected chi connectivity index (χ3v) is 10.2. The summed E-state index contributed by atoms with van der Waals surface area (Å²) >= 11 is 6.12. The number of nitrogens with zero attached hydrogens (tertiary/aromatic N) is 2. The van der Waals surface area contributed by atoms with Crippen molar-refractivity contribution in [3.63, 3.8) is 0 Å². The number of halogens is 1. The fourth-order valence-electron chi connectivity index (χ4n) is 5.64. The highest BCUT2D eigenvalue weighted by Gasteiger charge is 2.32. The Morgan fingerprint density at radius 1 is 0.930 bits per heavy atom. The second kappa shape index (κ2) is 14.5. The van der Waals surface area contributed by atoms with Gasteiger partial charge in [0.05, 0.1) is 11.0 Å². The molecular weight excluding hydrogens is 586 g/mol. The van der Waals surface area contributed by atoms with E-state index in [9.17, 15) is 18.0 Å². The van der Waals surface area contributed by atoms with Crippen molar-refractivity contribution in [2.24, 2.45) is 0 Å². The average molecular weight is 624 g/mol. The fourth-order valence-corrected chi connectivity index (χ4v) is 7.28. The van der Waals surface area contributed by atoms with Crippen molar-refractivity contribution >= 4 is 33.4 Å². The van der Waals surface area contributed by atoms with Crippen LogP contribution in [-0.2, 0) is 37.3 Å². The van der Waals surface area contributed by atoms with Crippen LogP contribution in [0.3, 0.4) is 0 Å². The Morgan fingerprint density at radius 2 is 1.60 bits per heavy atom. The molecule has 2 amide bonds. The number of hydrogen-bond donors (Lipinski definition) is 1. The molecule has 3 aromatic carbocycles. The summed E-state index contributed by atoms with van der Waals surface area (Å²) in [6.07, 6.45) is 4.13. The van der Waals surface area contributed by atoms with E-state index in [2.05, 4.69) is 5.32 Å². The van der Waals surface area contributed by atoms with Crippen LogP contribution >= 0.6 is 11.6 Å². The van der Waals surface area contributed by atoms with E-state index in [0.29, 0.717) is 43.2 Å². The SMILES string of the molecule is O=C(NC[C@H]1CCCO1)[C@H](c1ccccc1)N(Cc1ccc(Cl)cc1)C(=O)CCc1ccc(S(=O)(=O)N2CCCC2)cc1. The summed E-state index contributed by atoms with van der Waals surface area (Å²) in [6, 6.07) is 22.5. The van der Waals surface area contributed by atoms with Crippen molar-refractivity contribution in [2.45, 2.75) is 62.1 Å². The first-order chi connectivity index (χ1) is 20.8. The molecule has 0 unspecified atom stereocenters. The van der Waals surface area contributed by atoms with Gasteiger partial charge in [-0.1, -0.05) is 66.2 Å². The largest absolute Gasteiger partial charge is 0.376 e. The van der Waals surface area contributed by atoms with Crippen LogP contribution in [0.5, 0.6) is 0 Å². The Hall–Kier alpha value is -3.24. The Morgan fingerprint density at radius 3 is 2.26 bits per heavy atom. The third kappa shape index (κ3) is 8.03. The van der Waals surface area contributed by atoms with Crippen molar-refractivity contribution in [3.8, 4) is 0 Å². The molecule has 2 atom stereocenters. The van der Waals surface area contributed by atoms with Gasteiger partial charge in [0.1, 0.15) is 6.04 Å². The lowest BCUT2D eigenvalue weighted by Gasteiger charge is -2.32. The van der Waals surface area contributed by atoms with Crippen molar-refractivity contribution in [1.82, 2.24) is 14.5 Å². The number of hydrogen-bond acceptors (Lipinski definition) is 5. The van der Waals surface area contributed by atoms with E-state index >= 15 is 0 Å². The average Bonchev–Trinajstić information content (AvgIpc) is 3.76. The number of carbonyl (C=O) groups is 2. The minimum absolute atomic E-state index is 0.0296. The molecule has 10 heteroatoms. The van der Waals surface area contributed by atoms with Crippen molar-refractivity contribution < 1.29 is 22.7 Å². The molecular formula is C33H38ClN3O5S. The maximum Gasteiger partial charge on any atom is 0.247 e. The molecule has 0 aromatic heterocycles. The summed E-state index contributed by atoms with van der Waals surface area (Å²) in [4.78, 5) is 29.6. The summed E-state index contributed by atoms with van der Waals surface area (Å²) < 4.78 is 33.1. The minimum atomic E-state index is -3.51. The molecule has 8 nitrogen and oxygen atoms in total. The number of aryl methyl sites for hydroxylation is 1. The van der Waals surface area contributed by atoms with Crippen LogP contribution in [0.2, 0.25) is 5.02 Å². The van der Waals surface area contributed by atoms with Crippen LogP contribution in [0, 0.1) is 0 Å². The summed E-state index contributed by atoms with van der Waals surface area (Å²) in [7, 11) is -3.51. The van der Waals surface area contributed by atoms with Crippen molar-refractivity contribution in [2.75, 3.05) is 26.2 Å². The van der Waals surface area contributed by atoms with Crippen molar-refractivity contribution in [1.29, 1.82) is 0 Å². The second-order valence-electron chi connectivity index (χ2n) is 11.1. The molecule has 2 fully saturated rings. The monoisotopic (exact) mass is 623 g/mol. The van der Waals surface area contributed by atoms with Gasteiger partial charge < -0.3 is 15.0 Å². The summed E-state index contributed by atoms with van der Waals surface area (Å²) in [5.41, 5.74) is 2.41. The van der Waals surface area contributed by atoms with Gasteiger partial charge in [-0.3, -0.25) is 9.59 Å². The zero-order chi connectivity index (χ0) is 30.2. The normalized spacial score (nSPS) is 17.9.